The number of hydrogen-bond donors (Lipinski definition) is 1. The van der Waals surface area contributed by atoms with Gasteiger partial charge in [-0.2, -0.15) is 0 Å². The third-order valence-corrected chi connectivity index (χ3v) is 4.69. The molecule has 0 aromatic heterocycles. The Labute approximate surface area is 108 Å². The number of carbonyl (C=O) groups excluding carboxylic acids is 1. The first-order valence-electron chi connectivity index (χ1n) is 6.62. The highest BCUT2D eigenvalue weighted by molar-refractivity contribution is 6.07. The lowest BCUT2D eigenvalue weighted by atomic mass is 9.61. The molecule has 0 aromatic carbocycles. The summed E-state index contributed by atoms with van der Waals surface area (Å²) in [6.45, 7) is 7.84. The lowest BCUT2D eigenvalue weighted by Gasteiger charge is -2.43. The van der Waals surface area contributed by atoms with Crippen LogP contribution in [-0.4, -0.2) is 16.6 Å². The molecule has 2 rings (SSSR count). The van der Waals surface area contributed by atoms with Gasteiger partial charge in [0.2, 0.25) is 0 Å². The van der Waals surface area contributed by atoms with Crippen molar-refractivity contribution in [2.45, 2.75) is 52.6 Å². The van der Waals surface area contributed by atoms with E-state index in [1.165, 1.54) is 12.0 Å². The standard InChI is InChI=1S/C15H22O3/c1-10-6-5-7-11-8-13(16)12(9-15(10,11)4)14(2,3)18-17/h8-10,17H,5-7H2,1-4H3/t10-,15+/m0/s1. The third-order valence-electron chi connectivity index (χ3n) is 4.69. The highest BCUT2D eigenvalue weighted by Crippen LogP contribution is 2.49. The maximum Gasteiger partial charge on any atom is 0.184 e. The number of ketones is 1. The van der Waals surface area contributed by atoms with E-state index >= 15 is 0 Å². The van der Waals surface area contributed by atoms with Crippen LogP contribution in [-0.2, 0) is 9.68 Å². The lowest BCUT2D eigenvalue weighted by Crippen LogP contribution is -2.39. The van der Waals surface area contributed by atoms with Crippen molar-refractivity contribution >= 4 is 5.78 Å². The van der Waals surface area contributed by atoms with Crippen molar-refractivity contribution in [3.8, 4) is 0 Å². The normalized spacial score (nSPS) is 32.7. The Morgan fingerprint density at radius 1 is 1.50 bits per heavy atom. The van der Waals surface area contributed by atoms with Crippen LogP contribution < -0.4 is 0 Å². The van der Waals surface area contributed by atoms with Crippen molar-refractivity contribution in [3.63, 3.8) is 0 Å². The van der Waals surface area contributed by atoms with Crippen molar-refractivity contribution in [3.05, 3.63) is 23.3 Å². The van der Waals surface area contributed by atoms with Gasteiger partial charge in [-0.3, -0.25) is 10.1 Å². The molecule has 0 aromatic rings. The molecule has 0 bridgehead atoms. The van der Waals surface area contributed by atoms with E-state index in [0.29, 0.717) is 11.5 Å². The van der Waals surface area contributed by atoms with Crippen molar-refractivity contribution in [1.82, 2.24) is 0 Å². The van der Waals surface area contributed by atoms with E-state index in [4.69, 9.17) is 5.26 Å². The van der Waals surface area contributed by atoms with Crippen LogP contribution in [0.2, 0.25) is 0 Å². The molecule has 0 unspecified atom stereocenters. The zero-order chi connectivity index (χ0) is 13.6. The van der Waals surface area contributed by atoms with Gasteiger partial charge in [-0.25, -0.2) is 4.89 Å². The van der Waals surface area contributed by atoms with Crippen LogP contribution in [0, 0.1) is 11.3 Å². The molecule has 18 heavy (non-hydrogen) atoms. The fourth-order valence-corrected chi connectivity index (χ4v) is 3.07. The molecule has 0 amide bonds. The second kappa shape index (κ2) is 4.32. The second-order valence-corrected chi connectivity index (χ2v) is 6.27. The largest absolute Gasteiger partial charge is 0.290 e. The minimum Gasteiger partial charge on any atom is -0.290 e. The SMILES string of the molecule is C[C@H]1CCCC2=CC(=O)C(C(C)(C)OO)=C[C@@]21C. The number of fused-ring (bicyclic) bond motifs is 1. The van der Waals surface area contributed by atoms with E-state index < -0.39 is 5.60 Å². The summed E-state index contributed by atoms with van der Waals surface area (Å²) in [5.41, 5.74) is 0.769. The Morgan fingerprint density at radius 2 is 2.17 bits per heavy atom. The number of allylic oxidation sites excluding steroid dienone is 3. The maximum atomic E-state index is 12.2. The van der Waals surface area contributed by atoms with Gasteiger partial charge in [0.15, 0.2) is 5.78 Å². The van der Waals surface area contributed by atoms with E-state index in [1.807, 2.05) is 6.08 Å². The first kappa shape index (κ1) is 13.5. The molecular formula is C15H22O3. The predicted molar refractivity (Wildman–Crippen MR) is 70.1 cm³/mol. The van der Waals surface area contributed by atoms with Crippen molar-refractivity contribution in [2.75, 3.05) is 0 Å². The molecule has 0 spiro atoms. The number of carbonyl (C=O) groups is 1. The second-order valence-electron chi connectivity index (χ2n) is 6.27. The molecular weight excluding hydrogens is 228 g/mol. The molecule has 3 heteroatoms. The zero-order valence-electron chi connectivity index (χ0n) is 11.6. The Hall–Kier alpha value is -0.930. The molecule has 0 radical (unpaired) electrons. The van der Waals surface area contributed by atoms with E-state index in [0.717, 1.165) is 12.8 Å². The molecule has 3 nitrogen and oxygen atoms in total. The van der Waals surface area contributed by atoms with Crippen LogP contribution in [0.4, 0.5) is 0 Å². The van der Waals surface area contributed by atoms with Gasteiger partial charge in [-0.05, 0) is 45.1 Å². The molecule has 2 atom stereocenters. The summed E-state index contributed by atoms with van der Waals surface area (Å²) in [5.74, 6) is 0.478. The molecule has 0 saturated heterocycles. The van der Waals surface area contributed by atoms with Gasteiger partial charge in [-0.15, -0.1) is 0 Å². The topological polar surface area (TPSA) is 46.5 Å². The fraction of sp³-hybridized carbons (Fsp3) is 0.667. The molecule has 1 N–H and O–H groups in total. The molecule has 100 valence electrons. The van der Waals surface area contributed by atoms with E-state index in [1.54, 1.807) is 19.9 Å². The van der Waals surface area contributed by atoms with Gasteiger partial charge >= 0.3 is 0 Å². The van der Waals surface area contributed by atoms with E-state index in [9.17, 15) is 4.79 Å². The summed E-state index contributed by atoms with van der Waals surface area (Å²) in [7, 11) is 0. The average Bonchev–Trinajstić information content (AvgIpc) is 2.31. The summed E-state index contributed by atoms with van der Waals surface area (Å²) in [4.78, 5) is 16.7. The maximum absolute atomic E-state index is 12.2. The first-order chi connectivity index (χ1) is 8.31. The van der Waals surface area contributed by atoms with Crippen molar-refractivity contribution in [1.29, 1.82) is 0 Å². The smallest absolute Gasteiger partial charge is 0.184 e. The van der Waals surface area contributed by atoms with Crippen LogP contribution >= 0.6 is 0 Å². The van der Waals surface area contributed by atoms with Crippen molar-refractivity contribution in [2.24, 2.45) is 11.3 Å². The average molecular weight is 250 g/mol. The highest BCUT2D eigenvalue weighted by Gasteiger charge is 2.43. The van der Waals surface area contributed by atoms with Crippen LogP contribution in [0.15, 0.2) is 23.3 Å². The fourth-order valence-electron chi connectivity index (χ4n) is 3.07. The van der Waals surface area contributed by atoms with Crippen LogP contribution in [0.3, 0.4) is 0 Å². The Balaban J connectivity index is 2.47. The van der Waals surface area contributed by atoms with Crippen molar-refractivity contribution < 1.29 is 14.9 Å². The van der Waals surface area contributed by atoms with Gasteiger partial charge in [0.1, 0.15) is 5.60 Å². The van der Waals surface area contributed by atoms with Gasteiger partial charge in [0.25, 0.3) is 0 Å². The minimum absolute atomic E-state index is 0.0318. The Morgan fingerprint density at radius 3 is 2.78 bits per heavy atom. The third kappa shape index (κ3) is 1.95. The Bertz CT molecular complexity index is 431. The van der Waals surface area contributed by atoms with Gasteiger partial charge < -0.3 is 0 Å². The van der Waals surface area contributed by atoms with Crippen LogP contribution in [0.5, 0.6) is 0 Å². The summed E-state index contributed by atoms with van der Waals surface area (Å²) >= 11 is 0. The molecule has 1 fully saturated rings. The molecule has 0 heterocycles. The molecule has 0 aliphatic heterocycles. The quantitative estimate of drug-likeness (QED) is 0.602. The van der Waals surface area contributed by atoms with E-state index in [-0.39, 0.29) is 11.2 Å². The summed E-state index contributed by atoms with van der Waals surface area (Å²) in [5, 5.41) is 9.00. The van der Waals surface area contributed by atoms with E-state index in [2.05, 4.69) is 18.7 Å². The summed E-state index contributed by atoms with van der Waals surface area (Å²) in [6, 6.07) is 0. The monoisotopic (exact) mass is 250 g/mol. The zero-order valence-corrected chi connectivity index (χ0v) is 11.6. The number of rotatable bonds is 2. The summed E-state index contributed by atoms with van der Waals surface area (Å²) < 4.78 is 0. The highest BCUT2D eigenvalue weighted by atomic mass is 17.1. The minimum atomic E-state index is -0.945. The van der Waals surface area contributed by atoms with Gasteiger partial charge in [-0.1, -0.05) is 25.5 Å². The van der Waals surface area contributed by atoms with Crippen LogP contribution in [0.25, 0.3) is 0 Å². The Kier molecular flexibility index (Phi) is 3.24. The van der Waals surface area contributed by atoms with Crippen LogP contribution in [0.1, 0.15) is 47.0 Å². The number of hydrogen-bond acceptors (Lipinski definition) is 3. The predicted octanol–water partition coefficient (Wildman–Crippen LogP) is 3.52. The lowest BCUT2D eigenvalue weighted by molar-refractivity contribution is -0.299. The first-order valence-corrected chi connectivity index (χ1v) is 6.62. The van der Waals surface area contributed by atoms with Gasteiger partial charge in [0, 0.05) is 11.0 Å². The summed E-state index contributed by atoms with van der Waals surface area (Å²) in [6.07, 6.45) is 7.10. The molecule has 2 aliphatic carbocycles. The molecule has 2 aliphatic rings. The molecule has 1 saturated carbocycles. The van der Waals surface area contributed by atoms with Gasteiger partial charge in [0.05, 0.1) is 0 Å².